The Morgan fingerprint density at radius 2 is 1.90 bits per heavy atom. The van der Waals surface area contributed by atoms with Gasteiger partial charge >= 0.3 is 0 Å². The number of H-pyrrole nitrogens is 1. The third-order valence-electron chi connectivity index (χ3n) is 3.51. The number of aromatic amines is 1. The molecule has 2 aromatic rings. The lowest BCUT2D eigenvalue weighted by atomic mass is 10.1. The number of hydrogen-bond donors (Lipinski definition) is 0. The fourth-order valence-electron chi connectivity index (χ4n) is 2.55. The lowest BCUT2D eigenvalue weighted by molar-refractivity contribution is -0.325. The Morgan fingerprint density at radius 1 is 1.05 bits per heavy atom. The number of halogens is 1. The van der Waals surface area contributed by atoms with E-state index in [-0.39, 0.29) is 12.4 Å². The average molecular weight is 302 g/mol. The van der Waals surface area contributed by atoms with Crippen LogP contribution in [0.15, 0.2) is 47.8 Å². The molecule has 0 spiro atoms. The van der Waals surface area contributed by atoms with Gasteiger partial charge in [-0.05, 0) is 24.3 Å². The Hall–Kier alpha value is -1.84. The second-order valence-electron chi connectivity index (χ2n) is 4.56. The van der Waals surface area contributed by atoms with Crippen molar-refractivity contribution in [3.05, 3.63) is 47.8 Å². The van der Waals surface area contributed by atoms with Gasteiger partial charge in [0, 0.05) is 16.1 Å². The second kappa shape index (κ2) is 4.93. The van der Waals surface area contributed by atoms with Crippen LogP contribution in [0.4, 0.5) is 0 Å². The minimum Gasteiger partial charge on any atom is -1.00 e. The molecule has 0 bridgehead atoms. The van der Waals surface area contributed by atoms with E-state index in [1.54, 1.807) is 18.4 Å². The highest BCUT2D eigenvalue weighted by Crippen LogP contribution is 2.37. The molecule has 0 saturated carbocycles. The molecule has 0 amide bonds. The fourth-order valence-corrected chi connectivity index (χ4v) is 3.50. The van der Waals surface area contributed by atoms with Gasteiger partial charge in [-0.25, -0.2) is 4.98 Å². The van der Waals surface area contributed by atoms with Gasteiger partial charge in [0.05, 0.1) is 23.4 Å². The molecule has 0 atom stereocenters. The zero-order valence-corrected chi connectivity index (χ0v) is 12.4. The lowest BCUT2D eigenvalue weighted by Gasteiger charge is -1.99. The molecule has 4 heteroatoms. The fraction of sp³-hybridized carbons (Fsp3) is 0.0625. The number of nitrogens with one attached hydrogen (secondary N) is 1. The van der Waals surface area contributed by atoms with Gasteiger partial charge in [0.1, 0.15) is 5.75 Å². The quantitative estimate of drug-likeness (QED) is 0.514. The average Bonchev–Trinajstić information content (AvgIpc) is 2.85. The number of methoxy groups -OCH3 is 1. The summed E-state index contributed by atoms with van der Waals surface area (Å²) in [7, 11) is 1.70. The van der Waals surface area contributed by atoms with Crippen molar-refractivity contribution in [3.8, 4) is 17.0 Å². The van der Waals surface area contributed by atoms with Crippen LogP contribution in [0.25, 0.3) is 32.2 Å². The monoisotopic (exact) mass is 301 g/mol. The SMILES string of the molecule is COc1ccc2[nH+]c3c4ccccc4scc-3c2c1.[Cl-]. The summed E-state index contributed by atoms with van der Waals surface area (Å²) < 4.78 is 6.62. The molecule has 2 aromatic carbocycles. The summed E-state index contributed by atoms with van der Waals surface area (Å²) >= 11 is 1.78. The van der Waals surface area contributed by atoms with Crippen LogP contribution in [0.5, 0.6) is 5.75 Å². The molecule has 20 heavy (non-hydrogen) atoms. The van der Waals surface area contributed by atoms with Crippen LogP contribution in [0.3, 0.4) is 0 Å². The van der Waals surface area contributed by atoms with Gasteiger partial charge in [-0.15, -0.1) is 11.3 Å². The zero-order valence-electron chi connectivity index (χ0n) is 10.8. The van der Waals surface area contributed by atoms with Crippen molar-refractivity contribution in [1.82, 2.24) is 0 Å². The normalized spacial score (nSPS) is 10.8. The van der Waals surface area contributed by atoms with Crippen molar-refractivity contribution in [3.63, 3.8) is 0 Å². The van der Waals surface area contributed by atoms with Crippen molar-refractivity contribution in [1.29, 1.82) is 0 Å². The van der Waals surface area contributed by atoms with Crippen LogP contribution in [0.2, 0.25) is 0 Å². The molecule has 0 aromatic heterocycles. The molecule has 0 unspecified atom stereocenters. The molecule has 100 valence electrons. The summed E-state index contributed by atoms with van der Waals surface area (Å²) in [5.74, 6) is 0.895. The molecule has 4 rings (SSSR count). The molecule has 1 N–H and O–H groups in total. The number of aromatic nitrogens is 1. The third-order valence-corrected chi connectivity index (χ3v) is 4.47. The first kappa shape index (κ1) is 13.2. The number of hydrogen-bond acceptors (Lipinski definition) is 2. The summed E-state index contributed by atoms with van der Waals surface area (Å²) in [4.78, 5) is 3.52. The first-order chi connectivity index (χ1) is 9.36. The Labute approximate surface area is 126 Å². The molecule has 2 aliphatic heterocycles. The second-order valence-corrected chi connectivity index (χ2v) is 5.47. The Morgan fingerprint density at radius 3 is 2.75 bits per heavy atom. The van der Waals surface area contributed by atoms with Gasteiger partial charge in [-0.1, -0.05) is 12.1 Å². The van der Waals surface area contributed by atoms with E-state index in [0.717, 1.165) is 11.3 Å². The van der Waals surface area contributed by atoms with E-state index in [9.17, 15) is 0 Å². The van der Waals surface area contributed by atoms with Gasteiger partial charge in [0.25, 0.3) is 0 Å². The van der Waals surface area contributed by atoms with Crippen molar-refractivity contribution in [2.45, 2.75) is 0 Å². The van der Waals surface area contributed by atoms with E-state index < -0.39 is 0 Å². The van der Waals surface area contributed by atoms with Crippen LogP contribution in [-0.2, 0) is 0 Å². The van der Waals surface area contributed by atoms with Crippen molar-refractivity contribution in [2.24, 2.45) is 0 Å². The van der Waals surface area contributed by atoms with E-state index in [4.69, 9.17) is 4.74 Å². The van der Waals surface area contributed by atoms with Crippen LogP contribution in [0, 0.1) is 0 Å². The smallest absolute Gasteiger partial charge is 0.221 e. The number of rotatable bonds is 1. The summed E-state index contributed by atoms with van der Waals surface area (Å²) in [6, 6.07) is 14.6. The Balaban J connectivity index is 0.00000121. The molecule has 0 saturated heterocycles. The van der Waals surface area contributed by atoms with Crippen molar-refractivity contribution < 1.29 is 22.1 Å². The minimum absolute atomic E-state index is 0. The highest BCUT2D eigenvalue weighted by atomic mass is 35.5. The molecule has 0 fully saturated rings. The van der Waals surface area contributed by atoms with E-state index in [2.05, 4.69) is 46.8 Å². The molecule has 2 nitrogen and oxygen atoms in total. The number of ether oxygens (including phenoxy) is 1. The van der Waals surface area contributed by atoms with Gasteiger partial charge in [-0.3, -0.25) is 0 Å². The Kier molecular flexibility index (Phi) is 3.24. The van der Waals surface area contributed by atoms with Crippen molar-refractivity contribution >= 4 is 32.3 Å². The van der Waals surface area contributed by atoms with Crippen LogP contribution in [0.1, 0.15) is 0 Å². The number of benzene rings is 2. The molecule has 2 heterocycles. The predicted molar refractivity (Wildman–Crippen MR) is 79.1 cm³/mol. The largest absolute Gasteiger partial charge is 1.00 e. The first-order valence-electron chi connectivity index (χ1n) is 6.16. The third kappa shape index (κ3) is 1.82. The minimum atomic E-state index is 0. The standard InChI is InChI=1S/C16H11NOS.ClH/c1-18-10-6-7-14-12(8-10)13-9-19-15-5-3-2-4-11(15)16(13)17-14;/h2-9H,1H3;1H. The first-order valence-corrected chi connectivity index (χ1v) is 7.04. The molecule has 0 radical (unpaired) electrons. The van der Waals surface area contributed by atoms with Crippen LogP contribution >= 0.6 is 11.3 Å². The van der Waals surface area contributed by atoms with E-state index in [0.29, 0.717) is 0 Å². The molecular weight excluding hydrogens is 290 g/mol. The van der Waals surface area contributed by atoms with E-state index in [1.165, 1.54) is 26.7 Å². The number of fused-ring (bicyclic) bond motifs is 5. The topological polar surface area (TPSA) is 23.4 Å². The maximum Gasteiger partial charge on any atom is 0.221 e. The van der Waals surface area contributed by atoms with Crippen LogP contribution < -0.4 is 22.1 Å². The van der Waals surface area contributed by atoms with Crippen LogP contribution in [-0.4, -0.2) is 7.11 Å². The molecule has 0 aliphatic carbocycles. The maximum atomic E-state index is 5.32. The van der Waals surface area contributed by atoms with Crippen molar-refractivity contribution in [2.75, 3.05) is 7.11 Å². The summed E-state index contributed by atoms with van der Waals surface area (Å²) in [5.41, 5.74) is 3.62. The zero-order chi connectivity index (χ0) is 12.8. The summed E-state index contributed by atoms with van der Waals surface area (Å²) in [5, 5.41) is 4.71. The highest BCUT2D eigenvalue weighted by molar-refractivity contribution is 7.17. The molecule has 2 aliphatic rings. The Bertz CT molecular complexity index is 871. The predicted octanol–water partition coefficient (Wildman–Crippen LogP) is 0.986. The molecular formula is C16H12ClNOS. The highest BCUT2D eigenvalue weighted by Gasteiger charge is 2.21. The van der Waals surface area contributed by atoms with Gasteiger partial charge in [0.15, 0.2) is 0 Å². The van der Waals surface area contributed by atoms with E-state index >= 15 is 0 Å². The lowest BCUT2D eigenvalue weighted by Crippen LogP contribution is -3.00. The van der Waals surface area contributed by atoms with Gasteiger partial charge in [-0.2, -0.15) is 0 Å². The van der Waals surface area contributed by atoms with E-state index in [1.807, 2.05) is 6.07 Å². The maximum absolute atomic E-state index is 5.32. The van der Waals surface area contributed by atoms with Gasteiger partial charge < -0.3 is 17.1 Å². The van der Waals surface area contributed by atoms with Gasteiger partial charge in [0.2, 0.25) is 11.2 Å². The summed E-state index contributed by atoms with van der Waals surface area (Å²) in [6.07, 6.45) is 0. The summed E-state index contributed by atoms with van der Waals surface area (Å²) in [6.45, 7) is 0.